The number of benzene rings is 9. The van der Waals surface area contributed by atoms with Crippen LogP contribution in [0.5, 0.6) is 0 Å². The van der Waals surface area contributed by atoms with Crippen LogP contribution in [-0.4, -0.2) is 66.8 Å². The molecule has 3 saturated heterocycles. The molecule has 12 heteroatoms. The van der Waals surface area contributed by atoms with Crippen LogP contribution in [0.2, 0.25) is 0 Å². The molecule has 9 aromatic rings. The van der Waals surface area contributed by atoms with E-state index in [1.807, 2.05) is 6.07 Å². The van der Waals surface area contributed by atoms with Crippen LogP contribution in [0.1, 0.15) is 154 Å². The number of fused-ring (bicyclic) bond motifs is 2. The van der Waals surface area contributed by atoms with Crippen LogP contribution in [0.25, 0.3) is 76.5 Å². The number of amides is 2. The Morgan fingerprint density at radius 3 is 1.04 bits per heavy atom. The van der Waals surface area contributed by atoms with Gasteiger partial charge in [0.2, 0.25) is 0 Å². The van der Waals surface area contributed by atoms with E-state index in [0.29, 0.717) is 22.2 Å². The van der Waals surface area contributed by atoms with Crippen LogP contribution in [-0.2, 0) is 27.9 Å². The van der Waals surface area contributed by atoms with E-state index in [0.717, 1.165) is 98.6 Å². The molecular formula is C70H72B3NO8. The number of hydrogen-bond acceptors (Lipinski definition) is 8. The van der Waals surface area contributed by atoms with Crippen LogP contribution < -0.4 is 21.3 Å². The Labute approximate surface area is 483 Å². The van der Waals surface area contributed by atoms with Crippen molar-refractivity contribution in [3.8, 4) is 33.4 Å². The SMILES string of the molecule is CC(C)c1cccc(C(C)C)c1N1C(=O)c2cc(-c3ccc(B4OC(C)(C)C(C)(C)O4)cc3)c3c4cccc5c(-c6ccc(B7OC(C)(C)C(C)(C)O7)cc6)ccc(c6c(-c7ccc(B8OC(C)(C)C(C)(C)O8)cc7)cc(c2c36)C1=O)c54. The molecule has 4 heterocycles. The Balaban J connectivity index is 1.10. The lowest BCUT2D eigenvalue weighted by Crippen LogP contribution is -2.42. The smallest absolute Gasteiger partial charge is 0.399 e. The fourth-order valence-corrected chi connectivity index (χ4v) is 12.8. The summed E-state index contributed by atoms with van der Waals surface area (Å²) in [7, 11) is -1.62. The van der Waals surface area contributed by atoms with Gasteiger partial charge in [0.15, 0.2) is 0 Å². The topological polar surface area (TPSA) is 92.8 Å². The second-order valence-electron chi connectivity index (χ2n) is 27.0. The fourth-order valence-electron chi connectivity index (χ4n) is 12.8. The molecule has 0 atom stereocenters. The highest BCUT2D eigenvalue weighted by Gasteiger charge is 2.54. The van der Waals surface area contributed by atoms with Crippen molar-refractivity contribution in [1.29, 1.82) is 0 Å². The number of rotatable bonds is 9. The first kappa shape index (κ1) is 54.6. The number of anilines is 1. The molecular weight excluding hydrogens is 1020 g/mol. The largest absolute Gasteiger partial charge is 0.494 e. The summed E-state index contributed by atoms with van der Waals surface area (Å²) in [5, 5.41) is 7.63. The minimum atomic E-state index is -0.564. The number of carbonyl (C=O) groups excluding carboxylic acids is 2. The molecule has 4 aliphatic heterocycles. The van der Waals surface area contributed by atoms with Gasteiger partial charge in [0.1, 0.15) is 0 Å². The first-order valence-electron chi connectivity index (χ1n) is 29.2. The number of carbonyl (C=O) groups is 2. The van der Waals surface area contributed by atoms with E-state index < -0.39 is 55.0 Å². The van der Waals surface area contributed by atoms with Gasteiger partial charge >= 0.3 is 21.4 Å². The summed E-state index contributed by atoms with van der Waals surface area (Å²) in [6.45, 7) is 33.3. The molecule has 13 rings (SSSR count). The maximum atomic E-state index is 16.1. The van der Waals surface area contributed by atoms with Crippen LogP contribution in [0, 0.1) is 0 Å². The zero-order valence-corrected chi connectivity index (χ0v) is 50.3. The van der Waals surface area contributed by atoms with E-state index in [1.165, 1.54) is 4.90 Å². The molecule has 2 amide bonds. The van der Waals surface area contributed by atoms with Gasteiger partial charge in [0.05, 0.1) is 39.3 Å². The maximum Gasteiger partial charge on any atom is 0.494 e. The second-order valence-corrected chi connectivity index (χ2v) is 27.0. The van der Waals surface area contributed by atoms with Crippen molar-refractivity contribution in [3.05, 3.63) is 156 Å². The second kappa shape index (κ2) is 18.4. The molecule has 3 fully saturated rings. The van der Waals surface area contributed by atoms with Crippen molar-refractivity contribution in [3.63, 3.8) is 0 Å². The molecule has 414 valence electrons. The van der Waals surface area contributed by atoms with Crippen LogP contribution in [0.4, 0.5) is 5.69 Å². The number of para-hydroxylation sites is 1. The van der Waals surface area contributed by atoms with Crippen molar-refractivity contribution >= 4 is 98.3 Å². The van der Waals surface area contributed by atoms with Gasteiger partial charge in [-0.2, -0.15) is 0 Å². The third-order valence-corrected chi connectivity index (χ3v) is 19.7. The van der Waals surface area contributed by atoms with Crippen molar-refractivity contribution in [2.45, 2.75) is 156 Å². The third kappa shape index (κ3) is 8.13. The van der Waals surface area contributed by atoms with Gasteiger partial charge in [0.25, 0.3) is 11.8 Å². The van der Waals surface area contributed by atoms with Gasteiger partial charge < -0.3 is 27.9 Å². The van der Waals surface area contributed by atoms with Crippen LogP contribution in [0.15, 0.2) is 133 Å². The summed E-state index contributed by atoms with van der Waals surface area (Å²) >= 11 is 0. The first-order valence-corrected chi connectivity index (χ1v) is 29.2. The molecule has 0 N–H and O–H groups in total. The highest BCUT2D eigenvalue weighted by Crippen LogP contribution is 2.53. The van der Waals surface area contributed by atoms with E-state index in [1.54, 1.807) is 0 Å². The average Bonchev–Trinajstić information content (AvgIpc) is 1.85. The maximum absolute atomic E-state index is 16.1. The standard InChI is InChI=1S/C70H72B3NO8/c1-39(2)47-19-17-20-48(40(3)4)62(47)74-63(75)55-37-53(42-25-31-45(32-26-42)72-79-67(9,10)68(11,12)80-72)58-51-22-18-21-50-49(41-23-29-44(30-24-41)71-77-65(5,6)66(7,8)78-71)35-36-52(57(50)51)59-54(38-56(64(74)76)60(55)61(58)59)43-27-33-46(34-28-43)73-81-69(13,14)70(15,16)82-73/h17-40H,1-16H3. The lowest BCUT2D eigenvalue weighted by atomic mass is 9.76. The molecule has 0 spiro atoms. The number of imide groups is 1. The van der Waals surface area contributed by atoms with E-state index in [9.17, 15) is 0 Å². The summed E-state index contributed by atoms with van der Waals surface area (Å²) in [6, 6.07) is 46.7. The van der Waals surface area contributed by atoms with Crippen molar-refractivity contribution in [2.24, 2.45) is 0 Å². The van der Waals surface area contributed by atoms with Crippen molar-refractivity contribution < 1.29 is 37.5 Å². The van der Waals surface area contributed by atoms with E-state index >= 15 is 9.59 Å². The fraction of sp³-hybridized carbons (Fsp3) is 0.343. The molecule has 82 heavy (non-hydrogen) atoms. The molecule has 9 nitrogen and oxygen atoms in total. The van der Waals surface area contributed by atoms with Crippen molar-refractivity contribution in [2.75, 3.05) is 4.90 Å². The minimum absolute atomic E-state index is 0.0251. The lowest BCUT2D eigenvalue weighted by Gasteiger charge is -2.34. The van der Waals surface area contributed by atoms with Crippen molar-refractivity contribution in [1.82, 2.24) is 0 Å². The predicted octanol–water partition coefficient (Wildman–Crippen LogP) is 14.7. The highest BCUT2D eigenvalue weighted by molar-refractivity contribution is 6.63. The average molecular weight is 1090 g/mol. The summed E-state index contributed by atoms with van der Waals surface area (Å²) < 4.78 is 39.2. The predicted molar refractivity (Wildman–Crippen MR) is 337 cm³/mol. The van der Waals surface area contributed by atoms with Gasteiger partial charge in [-0.3, -0.25) is 9.59 Å². The highest BCUT2D eigenvalue weighted by atomic mass is 16.7. The van der Waals surface area contributed by atoms with Crippen LogP contribution >= 0.6 is 0 Å². The first-order chi connectivity index (χ1) is 38.6. The summed E-state index contributed by atoms with van der Waals surface area (Å²) in [4.78, 5) is 33.6. The lowest BCUT2D eigenvalue weighted by molar-refractivity contribution is 0.00578. The van der Waals surface area contributed by atoms with Gasteiger partial charge in [-0.15, -0.1) is 0 Å². The zero-order chi connectivity index (χ0) is 58.1. The molecule has 0 aliphatic carbocycles. The number of nitrogens with zero attached hydrogens (tertiary/aromatic N) is 1. The Kier molecular flexibility index (Phi) is 12.3. The monoisotopic (exact) mass is 1090 g/mol. The van der Waals surface area contributed by atoms with Gasteiger partial charge in [0, 0.05) is 21.9 Å². The quantitative estimate of drug-likeness (QED) is 0.0611. The molecule has 0 bridgehead atoms. The molecule has 0 unspecified atom stereocenters. The van der Waals surface area contributed by atoms with Gasteiger partial charge in [-0.25, -0.2) is 4.90 Å². The Morgan fingerprint density at radius 2 is 0.671 bits per heavy atom. The zero-order valence-electron chi connectivity index (χ0n) is 50.3. The molecule has 9 aromatic carbocycles. The Bertz CT molecular complexity index is 3900. The van der Waals surface area contributed by atoms with Gasteiger partial charge in [-0.1, -0.05) is 149 Å². The normalized spacial score (nSPS) is 19.7. The minimum Gasteiger partial charge on any atom is -0.399 e. The van der Waals surface area contributed by atoms with E-state index in [-0.39, 0.29) is 23.7 Å². The summed E-state index contributed by atoms with van der Waals surface area (Å²) in [5.41, 5.74) is 8.93. The Morgan fingerprint density at radius 1 is 0.341 bits per heavy atom. The molecule has 0 radical (unpaired) electrons. The number of hydrogen-bond donors (Lipinski definition) is 0. The summed E-state index contributed by atoms with van der Waals surface area (Å²) in [5.74, 6) is -0.639. The molecule has 0 aromatic heterocycles. The Hall–Kier alpha value is -6.63. The van der Waals surface area contributed by atoms with Crippen LogP contribution in [0.3, 0.4) is 0 Å². The van der Waals surface area contributed by atoms with Gasteiger partial charge in [-0.05, 0) is 200 Å². The van der Waals surface area contributed by atoms with E-state index in [2.05, 4.69) is 238 Å². The van der Waals surface area contributed by atoms with E-state index in [4.69, 9.17) is 27.9 Å². The third-order valence-electron chi connectivity index (χ3n) is 19.7. The molecule has 4 aliphatic rings. The summed E-state index contributed by atoms with van der Waals surface area (Å²) in [6.07, 6.45) is 0. The molecule has 0 saturated carbocycles.